The molecule has 0 aromatic heterocycles. The molecule has 33 heavy (non-hydrogen) atoms. The molecule has 188 valence electrons. The van der Waals surface area contributed by atoms with Crippen LogP contribution in [0.2, 0.25) is 0 Å². The van der Waals surface area contributed by atoms with Crippen LogP contribution in [0.4, 0.5) is 0 Å². The number of rotatable bonds is 1. The summed E-state index contributed by atoms with van der Waals surface area (Å²) in [7, 11) is 0. The number of hydrogen-bond donors (Lipinski definition) is 2. The highest BCUT2D eigenvalue weighted by Gasteiger charge is 2.74. The smallest absolute Gasteiger partial charge is 0.310 e. The molecular weight excluding hydrogens is 408 g/mol. The Balaban J connectivity index is 1.60. The van der Waals surface area contributed by atoms with E-state index in [2.05, 4.69) is 48.5 Å². The average Bonchev–Trinajstić information content (AvgIpc) is 2.72. The van der Waals surface area contributed by atoms with Gasteiger partial charge in [-0.1, -0.05) is 48.5 Å². The number of carbonyl (C=O) groups is 1. The summed E-state index contributed by atoms with van der Waals surface area (Å²) in [5.74, 6) is 1.21. The lowest BCUT2D eigenvalue weighted by molar-refractivity contribution is -0.267. The van der Waals surface area contributed by atoms with Gasteiger partial charge in [0, 0.05) is 0 Å². The number of aliphatic hydroxyl groups is 1. The Hall–Kier alpha value is -0.570. The fraction of sp³-hybridized carbons (Fsp3) is 0.967. The van der Waals surface area contributed by atoms with E-state index in [4.69, 9.17) is 0 Å². The van der Waals surface area contributed by atoms with Crippen molar-refractivity contribution in [1.29, 1.82) is 0 Å². The summed E-state index contributed by atoms with van der Waals surface area (Å²) in [6, 6.07) is 0. The molecule has 0 heterocycles. The number of aliphatic carboxylic acids is 1. The Morgan fingerprint density at radius 3 is 2.06 bits per heavy atom. The second kappa shape index (κ2) is 7.01. The number of aliphatic hydroxyl groups excluding tert-OH is 1. The molecule has 5 aliphatic carbocycles. The van der Waals surface area contributed by atoms with Crippen LogP contribution in [0.3, 0.4) is 0 Å². The molecule has 0 unspecified atom stereocenters. The lowest BCUT2D eigenvalue weighted by Crippen LogP contribution is -2.70. The van der Waals surface area contributed by atoms with Gasteiger partial charge in [0.05, 0.1) is 11.5 Å². The Bertz CT molecular complexity index is 834. The van der Waals surface area contributed by atoms with E-state index in [-0.39, 0.29) is 39.1 Å². The Labute approximate surface area is 202 Å². The molecule has 5 aliphatic rings. The molecule has 5 saturated carbocycles. The van der Waals surface area contributed by atoms with Crippen molar-refractivity contribution in [3.63, 3.8) is 0 Å². The molecule has 0 aromatic rings. The van der Waals surface area contributed by atoms with Gasteiger partial charge in [0.2, 0.25) is 0 Å². The summed E-state index contributed by atoms with van der Waals surface area (Å²) >= 11 is 0. The van der Waals surface area contributed by atoms with E-state index in [1.165, 1.54) is 19.3 Å². The Morgan fingerprint density at radius 2 is 1.39 bits per heavy atom. The van der Waals surface area contributed by atoms with Crippen molar-refractivity contribution in [2.45, 2.75) is 125 Å². The van der Waals surface area contributed by atoms with Crippen LogP contribution in [0, 0.1) is 56.2 Å². The van der Waals surface area contributed by atoms with Crippen molar-refractivity contribution in [3.05, 3.63) is 0 Å². The molecule has 0 spiro atoms. The second-order valence-electron chi connectivity index (χ2n) is 15.4. The molecule has 3 nitrogen and oxygen atoms in total. The lowest BCUT2D eigenvalue weighted by Gasteiger charge is -2.74. The van der Waals surface area contributed by atoms with Gasteiger partial charge in [-0.05, 0) is 121 Å². The molecule has 3 heteroatoms. The largest absolute Gasteiger partial charge is 0.481 e. The summed E-state index contributed by atoms with van der Waals surface area (Å²) in [4.78, 5) is 13.5. The zero-order valence-electron chi connectivity index (χ0n) is 22.5. The molecule has 2 N–H and O–H groups in total. The van der Waals surface area contributed by atoms with E-state index >= 15 is 0 Å². The van der Waals surface area contributed by atoms with Crippen LogP contribution in [0.15, 0.2) is 0 Å². The molecule has 0 bridgehead atoms. The van der Waals surface area contributed by atoms with Crippen LogP contribution in [0.1, 0.15) is 119 Å². The third-order valence-corrected chi connectivity index (χ3v) is 13.7. The Kier molecular flexibility index (Phi) is 5.13. The predicted octanol–water partition coefficient (Wildman–Crippen LogP) is 7.31. The summed E-state index contributed by atoms with van der Waals surface area (Å²) in [5, 5.41) is 21.9. The minimum Gasteiger partial charge on any atom is -0.481 e. The SMILES string of the molecule is C[C@H]1[C@@H](O)CC[C@@H]2[C@]1(C)CC[C@H]1[C@@]2(C)CC[C@@]2(C(=O)O)[C@@H]3CC(C)(C)CC[C@]3(C)CC[C@]12C. The van der Waals surface area contributed by atoms with Crippen LogP contribution in [0.5, 0.6) is 0 Å². The molecular formula is C30H50O3. The van der Waals surface area contributed by atoms with E-state index in [1.54, 1.807) is 0 Å². The first kappa shape index (κ1) is 24.1. The van der Waals surface area contributed by atoms with E-state index in [0.29, 0.717) is 17.8 Å². The van der Waals surface area contributed by atoms with Crippen molar-refractivity contribution in [1.82, 2.24) is 0 Å². The molecule has 5 rings (SSSR count). The summed E-state index contributed by atoms with van der Waals surface area (Å²) in [5.41, 5.74) is 0.0600. The monoisotopic (exact) mass is 458 g/mol. The average molecular weight is 459 g/mol. The Morgan fingerprint density at radius 1 is 0.727 bits per heavy atom. The maximum absolute atomic E-state index is 13.5. The fourth-order valence-corrected chi connectivity index (χ4v) is 11.4. The molecule has 0 aliphatic heterocycles. The minimum absolute atomic E-state index is 0.135. The van der Waals surface area contributed by atoms with Gasteiger partial charge < -0.3 is 10.2 Å². The normalized spacial score (nSPS) is 57.8. The molecule has 10 atom stereocenters. The topological polar surface area (TPSA) is 57.5 Å². The van der Waals surface area contributed by atoms with Gasteiger partial charge in [-0.2, -0.15) is 0 Å². The molecule has 0 saturated heterocycles. The highest BCUT2D eigenvalue weighted by Crippen LogP contribution is 2.78. The van der Waals surface area contributed by atoms with Gasteiger partial charge in [-0.25, -0.2) is 0 Å². The first-order valence-corrected chi connectivity index (χ1v) is 14.1. The van der Waals surface area contributed by atoms with Gasteiger partial charge in [-0.3, -0.25) is 4.79 Å². The first-order chi connectivity index (χ1) is 15.2. The van der Waals surface area contributed by atoms with Crippen LogP contribution in [0.25, 0.3) is 0 Å². The van der Waals surface area contributed by atoms with Crippen LogP contribution >= 0.6 is 0 Å². The second-order valence-corrected chi connectivity index (χ2v) is 15.4. The van der Waals surface area contributed by atoms with Gasteiger partial charge in [0.25, 0.3) is 0 Å². The standard InChI is InChI=1S/C30H50O3/c1-19-20(31)8-9-21-27(19,5)11-10-22-28(21,6)15-17-30(24(32)33)23-18-25(2,3)12-13-26(23,4)14-16-29(22,30)7/h19-23,31H,8-18H2,1-7H3,(H,32,33)/t19-,20-,21+,22-,23+,26+,27+,28-,29+,30-/m0/s1. The maximum atomic E-state index is 13.5. The lowest BCUT2D eigenvalue weighted by atomic mass is 9.29. The van der Waals surface area contributed by atoms with Crippen molar-refractivity contribution < 1.29 is 15.0 Å². The minimum atomic E-state index is -0.588. The highest BCUT2D eigenvalue weighted by molar-refractivity contribution is 5.77. The zero-order valence-corrected chi connectivity index (χ0v) is 22.5. The van der Waals surface area contributed by atoms with Crippen LogP contribution in [-0.4, -0.2) is 22.3 Å². The van der Waals surface area contributed by atoms with Gasteiger partial charge in [0.1, 0.15) is 0 Å². The van der Waals surface area contributed by atoms with Crippen LogP contribution < -0.4 is 0 Å². The summed E-state index contributed by atoms with van der Waals surface area (Å²) < 4.78 is 0. The third-order valence-electron chi connectivity index (χ3n) is 13.7. The molecule has 5 fully saturated rings. The van der Waals surface area contributed by atoms with E-state index < -0.39 is 11.4 Å². The highest BCUT2D eigenvalue weighted by atomic mass is 16.4. The van der Waals surface area contributed by atoms with Crippen molar-refractivity contribution in [3.8, 4) is 0 Å². The molecule has 0 amide bonds. The van der Waals surface area contributed by atoms with Crippen molar-refractivity contribution >= 4 is 5.97 Å². The number of hydrogen-bond acceptors (Lipinski definition) is 2. The first-order valence-electron chi connectivity index (χ1n) is 14.1. The molecule has 0 aromatic carbocycles. The van der Waals surface area contributed by atoms with Crippen LogP contribution in [-0.2, 0) is 4.79 Å². The van der Waals surface area contributed by atoms with Crippen molar-refractivity contribution in [2.75, 3.05) is 0 Å². The summed E-state index contributed by atoms with van der Waals surface area (Å²) in [6.07, 6.45) is 11.8. The number of carboxylic acid groups (broad SMARTS) is 1. The third kappa shape index (κ3) is 2.87. The predicted molar refractivity (Wildman–Crippen MR) is 133 cm³/mol. The maximum Gasteiger partial charge on any atom is 0.310 e. The van der Waals surface area contributed by atoms with Gasteiger partial charge >= 0.3 is 5.97 Å². The van der Waals surface area contributed by atoms with Crippen molar-refractivity contribution in [2.24, 2.45) is 56.2 Å². The van der Waals surface area contributed by atoms with Gasteiger partial charge in [-0.15, -0.1) is 0 Å². The molecule has 0 radical (unpaired) electrons. The number of fused-ring (bicyclic) bond motifs is 7. The fourth-order valence-electron chi connectivity index (χ4n) is 11.4. The zero-order chi connectivity index (χ0) is 24.2. The van der Waals surface area contributed by atoms with E-state index in [9.17, 15) is 15.0 Å². The quantitative estimate of drug-likeness (QED) is 0.433. The number of carboxylic acids is 1. The van der Waals surface area contributed by atoms with E-state index in [0.717, 1.165) is 51.4 Å². The van der Waals surface area contributed by atoms with E-state index in [1.807, 2.05) is 0 Å². The summed E-state index contributed by atoms with van der Waals surface area (Å²) in [6.45, 7) is 16.9. The van der Waals surface area contributed by atoms with Gasteiger partial charge in [0.15, 0.2) is 0 Å².